The third-order valence-electron chi connectivity index (χ3n) is 5.95. The average Bonchev–Trinajstić information content (AvgIpc) is 3.30. The number of carboxylic acids is 1. The zero-order chi connectivity index (χ0) is 27.7. The Hall–Kier alpha value is -2.80. The molecule has 2 saturated heterocycles. The van der Waals surface area contributed by atoms with Gasteiger partial charge in [-0.1, -0.05) is 32.0 Å². The van der Waals surface area contributed by atoms with E-state index in [1.165, 1.54) is 16.8 Å². The number of aromatic nitrogens is 2. The summed E-state index contributed by atoms with van der Waals surface area (Å²) in [6.45, 7) is 6.82. The highest BCUT2D eigenvalue weighted by atomic mass is 31.2. The molecule has 0 spiro atoms. The summed E-state index contributed by atoms with van der Waals surface area (Å²) in [7, 11) is -4.24. The summed E-state index contributed by atoms with van der Waals surface area (Å²) in [5.41, 5.74) is 4.98. The molecule has 6 atom stereocenters. The summed E-state index contributed by atoms with van der Waals surface area (Å²) in [6, 6.07) is 8.53. The molecule has 0 radical (unpaired) electrons. The number of carboxylic acid groups (broad SMARTS) is 1. The van der Waals surface area contributed by atoms with Gasteiger partial charge in [0.25, 0.3) is 0 Å². The quantitative estimate of drug-likeness (QED) is 0.348. The van der Waals surface area contributed by atoms with Crippen molar-refractivity contribution in [1.82, 2.24) is 14.6 Å². The van der Waals surface area contributed by atoms with Crippen LogP contribution in [-0.2, 0) is 28.1 Å². The van der Waals surface area contributed by atoms with Crippen LogP contribution in [0.3, 0.4) is 0 Å². The maximum atomic E-state index is 13.9. The van der Waals surface area contributed by atoms with Crippen molar-refractivity contribution in [2.75, 3.05) is 12.3 Å². The number of aliphatic carboxylic acids is 1. The topological polar surface area (TPSA) is 173 Å². The average molecular weight is 553 g/mol. The Morgan fingerprint density at radius 1 is 1.24 bits per heavy atom. The molecule has 1 aromatic carbocycles. The predicted octanol–water partition coefficient (Wildman–Crippen LogP) is 2.54. The van der Waals surface area contributed by atoms with E-state index >= 15 is 0 Å². The molecular weight excluding hydrogens is 519 g/mol. The first-order valence-electron chi connectivity index (χ1n) is 12.2. The minimum atomic E-state index is -4.24. The van der Waals surface area contributed by atoms with Crippen molar-refractivity contribution in [3.8, 4) is 5.75 Å². The van der Waals surface area contributed by atoms with Crippen LogP contribution in [0.1, 0.15) is 40.3 Å². The van der Waals surface area contributed by atoms with Crippen molar-refractivity contribution in [3.63, 3.8) is 0 Å². The molecule has 3 heterocycles. The molecule has 1 aromatic heterocycles. The maximum absolute atomic E-state index is 13.9. The van der Waals surface area contributed by atoms with Crippen LogP contribution in [0, 0.1) is 5.92 Å². The van der Waals surface area contributed by atoms with E-state index in [4.69, 9.17) is 29.0 Å². The second-order valence-electron chi connectivity index (χ2n) is 10.0. The van der Waals surface area contributed by atoms with Crippen LogP contribution < -0.4 is 21.0 Å². The molecule has 38 heavy (non-hydrogen) atoms. The molecule has 2 fully saturated rings. The van der Waals surface area contributed by atoms with Crippen LogP contribution >= 0.6 is 7.75 Å². The Morgan fingerprint density at radius 2 is 1.92 bits per heavy atom. The summed E-state index contributed by atoms with van der Waals surface area (Å²) >= 11 is 0. The number of anilines is 1. The van der Waals surface area contributed by atoms with E-state index in [0.717, 1.165) is 0 Å². The molecule has 4 N–H and O–H groups in total. The fraction of sp³-hybridized carbons (Fsp3) is 0.542. The smallest absolute Gasteiger partial charge is 0.459 e. The summed E-state index contributed by atoms with van der Waals surface area (Å²) in [6.07, 6.45) is -1.55. The van der Waals surface area contributed by atoms with E-state index in [2.05, 4.69) is 10.1 Å². The number of benzene rings is 1. The van der Waals surface area contributed by atoms with Gasteiger partial charge in [0.1, 0.15) is 35.9 Å². The van der Waals surface area contributed by atoms with Gasteiger partial charge in [-0.15, -0.1) is 0 Å². The van der Waals surface area contributed by atoms with Crippen LogP contribution in [0.15, 0.2) is 47.4 Å². The van der Waals surface area contributed by atoms with E-state index in [1.54, 1.807) is 44.2 Å². The minimum Gasteiger partial charge on any atom is -0.480 e. The van der Waals surface area contributed by atoms with Crippen molar-refractivity contribution in [1.29, 1.82) is 0 Å². The molecule has 0 aliphatic carbocycles. The van der Waals surface area contributed by atoms with Gasteiger partial charge in [-0.2, -0.15) is 10.1 Å². The van der Waals surface area contributed by atoms with E-state index < -0.39 is 55.8 Å². The molecule has 13 nitrogen and oxygen atoms in total. The zero-order valence-electron chi connectivity index (χ0n) is 21.6. The van der Waals surface area contributed by atoms with Crippen molar-refractivity contribution in [3.05, 3.63) is 53.1 Å². The lowest BCUT2D eigenvalue weighted by molar-refractivity contribution is -0.200. The molecule has 208 valence electrons. The number of nitrogen functional groups attached to an aromatic ring is 1. The van der Waals surface area contributed by atoms with Crippen LogP contribution in [0.2, 0.25) is 0 Å². The Bertz CT molecular complexity index is 1240. The molecule has 2 aliphatic heterocycles. The largest absolute Gasteiger partial charge is 0.480 e. The van der Waals surface area contributed by atoms with Gasteiger partial charge in [0, 0.05) is 6.20 Å². The number of nitrogens with one attached hydrogen (secondary N) is 1. The Labute approximate surface area is 219 Å². The standard InChI is InChI=1S/C24H33N4O9P/c1-14(2)12-16(22(29)30)27-38(32,37-15-8-6-5-7-9-15)33-13-17-19-20(36-24(3,4)35-19)21(34-17)28-11-10-18(25)26-23(28)31/h5-11,14,16-17,19-21H,12-13H2,1-4H3,(H,27,32)(H,29,30)(H2,25,26,31)/t16?,17-,19-,20-,21-,38?/m1/s1. The van der Waals surface area contributed by atoms with Crippen LogP contribution in [-0.4, -0.2) is 57.4 Å². The lowest BCUT2D eigenvalue weighted by Gasteiger charge is -2.27. The van der Waals surface area contributed by atoms with Crippen molar-refractivity contribution in [2.45, 2.75) is 70.5 Å². The lowest BCUT2D eigenvalue weighted by Crippen LogP contribution is -2.39. The van der Waals surface area contributed by atoms with E-state index in [1.807, 2.05) is 13.8 Å². The molecule has 0 amide bonds. The van der Waals surface area contributed by atoms with E-state index in [-0.39, 0.29) is 30.5 Å². The van der Waals surface area contributed by atoms with Gasteiger partial charge in [-0.3, -0.25) is 13.9 Å². The first-order chi connectivity index (χ1) is 17.9. The van der Waals surface area contributed by atoms with Crippen molar-refractivity contribution < 1.29 is 37.7 Å². The monoisotopic (exact) mass is 552 g/mol. The molecule has 2 unspecified atom stereocenters. The molecular formula is C24H33N4O9P. The maximum Gasteiger partial charge on any atom is 0.459 e. The number of nitrogens with zero attached hydrogens (tertiary/aromatic N) is 2. The number of nitrogens with two attached hydrogens (primary N) is 1. The SMILES string of the molecule is CC(C)CC(NP(=O)(OC[C@H]1O[C@@H](n2ccc(N)nc2=O)[C@@H]2OC(C)(C)O[C@@H]21)Oc1ccccc1)C(=O)O. The van der Waals surface area contributed by atoms with Gasteiger partial charge in [-0.05, 0) is 44.4 Å². The highest BCUT2D eigenvalue weighted by Gasteiger charge is 2.56. The van der Waals surface area contributed by atoms with E-state index in [9.17, 15) is 19.3 Å². The molecule has 4 rings (SSSR count). The second kappa shape index (κ2) is 11.1. The first-order valence-corrected chi connectivity index (χ1v) is 13.8. The highest BCUT2D eigenvalue weighted by molar-refractivity contribution is 7.52. The number of rotatable bonds is 11. The minimum absolute atomic E-state index is 0.00782. The fourth-order valence-electron chi connectivity index (χ4n) is 4.39. The number of carbonyl (C=O) groups is 1. The van der Waals surface area contributed by atoms with Crippen molar-refractivity contribution in [2.24, 2.45) is 5.92 Å². The number of hydrogen-bond donors (Lipinski definition) is 3. The first kappa shape index (κ1) is 28.2. The van der Waals surface area contributed by atoms with Gasteiger partial charge in [0.2, 0.25) is 0 Å². The highest BCUT2D eigenvalue weighted by Crippen LogP contribution is 2.48. The normalized spacial score (nSPS) is 26.6. The third-order valence-corrected chi connectivity index (χ3v) is 7.52. The number of fused-ring (bicyclic) bond motifs is 1. The van der Waals surface area contributed by atoms with Gasteiger partial charge < -0.3 is 29.6 Å². The van der Waals surface area contributed by atoms with Gasteiger partial charge in [0.15, 0.2) is 12.0 Å². The van der Waals surface area contributed by atoms with E-state index in [0.29, 0.717) is 0 Å². The van der Waals surface area contributed by atoms with Gasteiger partial charge in [-0.25, -0.2) is 9.36 Å². The van der Waals surface area contributed by atoms with Gasteiger partial charge in [0.05, 0.1) is 6.61 Å². The molecule has 14 heteroatoms. The number of para-hydroxylation sites is 1. The zero-order valence-corrected chi connectivity index (χ0v) is 22.4. The van der Waals surface area contributed by atoms with Crippen LogP contribution in [0.4, 0.5) is 5.82 Å². The molecule has 2 aliphatic rings. The Balaban J connectivity index is 1.58. The fourth-order valence-corrected chi connectivity index (χ4v) is 5.91. The molecule has 0 saturated carbocycles. The molecule has 0 bridgehead atoms. The second-order valence-corrected chi connectivity index (χ2v) is 11.7. The third kappa shape index (κ3) is 6.60. The van der Waals surface area contributed by atoms with Crippen LogP contribution in [0.25, 0.3) is 0 Å². The predicted molar refractivity (Wildman–Crippen MR) is 135 cm³/mol. The number of ether oxygens (including phenoxy) is 3. The van der Waals surface area contributed by atoms with Crippen molar-refractivity contribution >= 4 is 19.5 Å². The number of hydrogen-bond acceptors (Lipinski definition) is 10. The Morgan fingerprint density at radius 3 is 2.55 bits per heavy atom. The summed E-state index contributed by atoms with van der Waals surface area (Å²) in [5, 5.41) is 12.3. The van der Waals surface area contributed by atoms with Gasteiger partial charge >= 0.3 is 19.4 Å². The summed E-state index contributed by atoms with van der Waals surface area (Å²) in [5.74, 6) is -1.91. The lowest BCUT2D eigenvalue weighted by atomic mass is 10.1. The molecule has 2 aromatic rings. The van der Waals surface area contributed by atoms with Crippen LogP contribution in [0.5, 0.6) is 5.75 Å². The Kier molecular flexibility index (Phi) is 8.26. The summed E-state index contributed by atoms with van der Waals surface area (Å²) in [4.78, 5) is 28.2. The summed E-state index contributed by atoms with van der Waals surface area (Å²) < 4.78 is 44.7.